The Balaban J connectivity index is 1.69. The first-order valence-corrected chi connectivity index (χ1v) is 6.26. The molecule has 0 aliphatic rings. The highest BCUT2D eigenvalue weighted by atomic mass is 16.5. The van der Waals surface area contributed by atoms with E-state index in [1.165, 1.54) is 16.8 Å². The number of imidazole rings is 1. The van der Waals surface area contributed by atoms with Crippen molar-refractivity contribution >= 4 is 17.6 Å². The third-order valence-corrected chi connectivity index (χ3v) is 2.88. The topological polar surface area (TPSA) is 88.5 Å². The molecule has 21 heavy (non-hydrogen) atoms. The number of benzene rings is 1. The van der Waals surface area contributed by atoms with Crippen molar-refractivity contribution in [3.8, 4) is 0 Å². The quantitative estimate of drug-likeness (QED) is 0.767. The number of ether oxygens (including phenoxy) is 1. The summed E-state index contributed by atoms with van der Waals surface area (Å²) >= 11 is 0. The molecule has 7 heteroatoms. The highest BCUT2D eigenvalue weighted by Gasteiger charge is 2.09. The van der Waals surface area contributed by atoms with Crippen molar-refractivity contribution in [1.82, 2.24) is 14.4 Å². The Morgan fingerprint density at radius 3 is 2.95 bits per heavy atom. The van der Waals surface area contributed by atoms with Gasteiger partial charge in [-0.25, -0.2) is 9.78 Å². The van der Waals surface area contributed by atoms with Gasteiger partial charge in [0.15, 0.2) is 0 Å². The fraction of sp³-hybridized carbons (Fsp3) is 0.0714. The summed E-state index contributed by atoms with van der Waals surface area (Å²) in [6.07, 6.45) is 3.71. The third-order valence-electron chi connectivity index (χ3n) is 2.88. The first kappa shape index (κ1) is 12.9. The standard InChI is InChI=1S/C14H12N4O3/c19-12-11(8-16-13-15-6-7-18(12)13)17-14(20)21-9-10-4-2-1-3-5-10/h1-8H,9H2,(H,15,16)(H,17,20). The zero-order valence-electron chi connectivity index (χ0n) is 10.9. The minimum absolute atomic E-state index is 0.0603. The molecule has 0 aliphatic heterocycles. The smallest absolute Gasteiger partial charge is 0.412 e. The maximum atomic E-state index is 12.0. The highest BCUT2D eigenvalue weighted by molar-refractivity contribution is 5.84. The number of aromatic nitrogens is 3. The molecule has 0 unspecified atom stereocenters. The fourth-order valence-electron chi connectivity index (χ4n) is 1.86. The molecule has 2 aromatic heterocycles. The Labute approximate surface area is 119 Å². The molecule has 0 saturated carbocycles. The van der Waals surface area contributed by atoms with Crippen LogP contribution in [0.5, 0.6) is 0 Å². The van der Waals surface area contributed by atoms with Crippen LogP contribution in [-0.4, -0.2) is 20.5 Å². The Morgan fingerprint density at radius 1 is 1.33 bits per heavy atom. The molecule has 0 atom stereocenters. The lowest BCUT2D eigenvalue weighted by molar-refractivity contribution is 0.155. The van der Waals surface area contributed by atoms with E-state index in [1.54, 1.807) is 6.20 Å². The second kappa shape index (κ2) is 5.49. The largest absolute Gasteiger partial charge is 0.444 e. The molecule has 1 amide bonds. The van der Waals surface area contributed by atoms with Crippen LogP contribution in [0.15, 0.2) is 53.7 Å². The lowest BCUT2D eigenvalue weighted by Crippen LogP contribution is -2.23. The zero-order chi connectivity index (χ0) is 14.7. The van der Waals surface area contributed by atoms with Crippen molar-refractivity contribution < 1.29 is 9.53 Å². The summed E-state index contributed by atoms with van der Waals surface area (Å²) < 4.78 is 6.35. The summed E-state index contributed by atoms with van der Waals surface area (Å²) in [5, 5.41) is 2.39. The van der Waals surface area contributed by atoms with E-state index in [1.807, 2.05) is 30.3 Å². The van der Waals surface area contributed by atoms with Crippen LogP contribution in [0.25, 0.3) is 5.78 Å². The number of hydrogen-bond acceptors (Lipinski definition) is 4. The van der Waals surface area contributed by atoms with Crippen LogP contribution in [-0.2, 0) is 11.3 Å². The van der Waals surface area contributed by atoms with E-state index >= 15 is 0 Å². The molecule has 3 rings (SSSR count). The summed E-state index contributed by atoms with van der Waals surface area (Å²) in [7, 11) is 0. The molecule has 0 spiro atoms. The van der Waals surface area contributed by atoms with Crippen molar-refractivity contribution in [2.24, 2.45) is 0 Å². The predicted molar refractivity (Wildman–Crippen MR) is 76.1 cm³/mol. The highest BCUT2D eigenvalue weighted by Crippen LogP contribution is 2.04. The maximum absolute atomic E-state index is 12.0. The molecule has 7 nitrogen and oxygen atoms in total. The number of aromatic amines is 1. The van der Waals surface area contributed by atoms with Gasteiger partial charge in [0.2, 0.25) is 5.78 Å². The van der Waals surface area contributed by atoms with Crippen LogP contribution < -0.4 is 10.9 Å². The SMILES string of the molecule is O=C(Nc1cnc2[nH]ccn2c1=O)OCc1ccccc1. The summed E-state index contributed by atoms with van der Waals surface area (Å²) in [5.41, 5.74) is 0.548. The Hall–Kier alpha value is -3.09. The first-order chi connectivity index (χ1) is 10.2. The molecule has 2 N–H and O–H groups in total. The molecule has 1 aromatic carbocycles. The second-order valence-corrected chi connectivity index (χ2v) is 4.32. The molecule has 3 aromatic rings. The number of H-pyrrole nitrogens is 1. The van der Waals surface area contributed by atoms with Crippen LogP contribution in [0, 0.1) is 0 Å². The van der Waals surface area contributed by atoms with E-state index in [2.05, 4.69) is 15.3 Å². The lowest BCUT2D eigenvalue weighted by atomic mass is 10.2. The van der Waals surface area contributed by atoms with Crippen LogP contribution in [0.3, 0.4) is 0 Å². The first-order valence-electron chi connectivity index (χ1n) is 6.26. The zero-order valence-corrected chi connectivity index (χ0v) is 10.9. The number of nitrogens with zero attached hydrogens (tertiary/aromatic N) is 2. The van der Waals surface area contributed by atoms with Crippen molar-refractivity contribution in [1.29, 1.82) is 0 Å². The van der Waals surface area contributed by atoms with E-state index in [9.17, 15) is 9.59 Å². The molecule has 0 fully saturated rings. The number of anilines is 1. The van der Waals surface area contributed by atoms with Crippen LogP contribution in [0.4, 0.5) is 10.5 Å². The molecular weight excluding hydrogens is 272 g/mol. The molecule has 2 heterocycles. The van der Waals surface area contributed by atoms with Crippen LogP contribution >= 0.6 is 0 Å². The molecule has 106 valence electrons. The van der Waals surface area contributed by atoms with Gasteiger partial charge < -0.3 is 9.72 Å². The molecule has 0 saturated heterocycles. The number of nitrogens with one attached hydrogen (secondary N) is 2. The normalized spacial score (nSPS) is 10.5. The van der Waals surface area contributed by atoms with E-state index < -0.39 is 6.09 Å². The molecule has 0 aliphatic carbocycles. The van der Waals surface area contributed by atoms with Gasteiger partial charge in [-0.2, -0.15) is 0 Å². The van der Waals surface area contributed by atoms with Gasteiger partial charge in [0, 0.05) is 12.4 Å². The Bertz CT molecular complexity index is 823. The Morgan fingerprint density at radius 2 is 2.14 bits per heavy atom. The van der Waals surface area contributed by atoms with Gasteiger partial charge in [-0.05, 0) is 5.56 Å². The summed E-state index contributed by atoms with van der Waals surface area (Å²) in [6.45, 7) is 0.133. The number of rotatable bonds is 3. The summed E-state index contributed by atoms with van der Waals surface area (Å²) in [5.74, 6) is 0.406. The maximum Gasteiger partial charge on any atom is 0.412 e. The van der Waals surface area contributed by atoms with E-state index in [-0.39, 0.29) is 17.9 Å². The lowest BCUT2D eigenvalue weighted by Gasteiger charge is -2.06. The average molecular weight is 284 g/mol. The van der Waals surface area contributed by atoms with Crippen molar-refractivity contribution in [3.05, 3.63) is 64.8 Å². The van der Waals surface area contributed by atoms with Gasteiger partial charge in [0.1, 0.15) is 12.3 Å². The third kappa shape index (κ3) is 2.76. The number of carbonyl (C=O) groups is 1. The van der Waals surface area contributed by atoms with Gasteiger partial charge in [-0.15, -0.1) is 0 Å². The molecular formula is C14H12N4O3. The number of amides is 1. The monoisotopic (exact) mass is 284 g/mol. The van der Waals surface area contributed by atoms with Gasteiger partial charge in [-0.1, -0.05) is 30.3 Å². The number of fused-ring (bicyclic) bond motifs is 1. The van der Waals surface area contributed by atoms with Crippen LogP contribution in [0.2, 0.25) is 0 Å². The predicted octanol–water partition coefficient (Wildman–Crippen LogP) is 1.77. The van der Waals surface area contributed by atoms with E-state index in [4.69, 9.17) is 4.74 Å². The van der Waals surface area contributed by atoms with Gasteiger partial charge in [-0.3, -0.25) is 14.5 Å². The van der Waals surface area contributed by atoms with E-state index in [0.717, 1.165) is 5.56 Å². The Kier molecular flexibility index (Phi) is 3.38. The van der Waals surface area contributed by atoms with Gasteiger partial charge in [0.25, 0.3) is 5.56 Å². The van der Waals surface area contributed by atoms with Gasteiger partial charge >= 0.3 is 6.09 Å². The fourth-order valence-corrected chi connectivity index (χ4v) is 1.86. The summed E-state index contributed by atoms with van der Waals surface area (Å²) in [4.78, 5) is 30.5. The molecule has 0 bridgehead atoms. The number of carbonyl (C=O) groups excluding carboxylic acids is 1. The summed E-state index contributed by atoms with van der Waals surface area (Å²) in [6, 6.07) is 9.27. The van der Waals surface area contributed by atoms with E-state index in [0.29, 0.717) is 5.78 Å². The average Bonchev–Trinajstić information content (AvgIpc) is 2.98. The van der Waals surface area contributed by atoms with Gasteiger partial charge in [0.05, 0.1) is 6.20 Å². The molecule has 0 radical (unpaired) electrons. The van der Waals surface area contributed by atoms with Crippen molar-refractivity contribution in [2.75, 3.05) is 5.32 Å². The number of hydrogen-bond donors (Lipinski definition) is 2. The second-order valence-electron chi connectivity index (χ2n) is 4.32. The minimum Gasteiger partial charge on any atom is -0.444 e. The van der Waals surface area contributed by atoms with Crippen molar-refractivity contribution in [2.45, 2.75) is 6.61 Å². The minimum atomic E-state index is -0.701. The van der Waals surface area contributed by atoms with Crippen molar-refractivity contribution in [3.63, 3.8) is 0 Å². The van der Waals surface area contributed by atoms with Crippen LogP contribution in [0.1, 0.15) is 5.56 Å².